The third-order valence-electron chi connectivity index (χ3n) is 3.55. The fourth-order valence-corrected chi connectivity index (χ4v) is 1.97. The molecule has 7 heteroatoms. The molecule has 0 fully saturated rings. The van der Waals surface area contributed by atoms with Gasteiger partial charge < -0.3 is 19.8 Å². The first-order valence-corrected chi connectivity index (χ1v) is 6.41. The molecular formula is C13H24NO6+. The Morgan fingerprint density at radius 1 is 1.05 bits per heavy atom. The van der Waals surface area contributed by atoms with Crippen LogP contribution in [0.15, 0.2) is 0 Å². The summed E-state index contributed by atoms with van der Waals surface area (Å²) in [6.45, 7) is 1.61. The van der Waals surface area contributed by atoms with E-state index in [1.165, 1.54) is 0 Å². The molecule has 116 valence electrons. The van der Waals surface area contributed by atoms with Gasteiger partial charge in [-0.15, -0.1) is 0 Å². The average Bonchev–Trinajstić information content (AvgIpc) is 2.24. The monoisotopic (exact) mass is 290 g/mol. The summed E-state index contributed by atoms with van der Waals surface area (Å²) in [5.41, 5.74) is -2.00. The minimum atomic E-state index is -2.00. The molecule has 0 saturated heterocycles. The van der Waals surface area contributed by atoms with Crippen molar-refractivity contribution in [3.63, 3.8) is 0 Å². The molecule has 0 saturated carbocycles. The van der Waals surface area contributed by atoms with Crippen molar-refractivity contribution in [3.05, 3.63) is 0 Å². The number of hydrogen-bond donors (Lipinski definition) is 3. The van der Waals surface area contributed by atoms with Crippen LogP contribution in [0.3, 0.4) is 0 Å². The van der Waals surface area contributed by atoms with Crippen molar-refractivity contribution in [2.75, 3.05) is 21.1 Å². The molecule has 2 unspecified atom stereocenters. The molecule has 0 aliphatic carbocycles. The Morgan fingerprint density at radius 2 is 1.55 bits per heavy atom. The number of carbonyl (C=O) groups is 3. The molecule has 20 heavy (non-hydrogen) atoms. The Morgan fingerprint density at radius 3 is 1.90 bits per heavy atom. The minimum absolute atomic E-state index is 0.0833. The van der Waals surface area contributed by atoms with Crippen LogP contribution in [0.5, 0.6) is 0 Å². The second-order valence-electron chi connectivity index (χ2n) is 5.96. The molecule has 0 aromatic heterocycles. The van der Waals surface area contributed by atoms with Gasteiger partial charge in [-0.25, -0.2) is 0 Å². The van der Waals surface area contributed by atoms with Gasteiger partial charge >= 0.3 is 11.9 Å². The van der Waals surface area contributed by atoms with Gasteiger partial charge in [-0.3, -0.25) is 14.4 Å². The summed E-state index contributed by atoms with van der Waals surface area (Å²) in [7, 11) is 5.26. The Labute approximate surface area is 118 Å². The highest BCUT2D eigenvalue weighted by Crippen LogP contribution is 2.26. The lowest BCUT2D eigenvalue weighted by molar-refractivity contribution is -0.900. The molecule has 0 aliphatic rings. The molecule has 0 spiro atoms. The van der Waals surface area contributed by atoms with Crippen molar-refractivity contribution in [1.82, 2.24) is 0 Å². The number of carboxylic acid groups (broad SMARTS) is 2. The van der Waals surface area contributed by atoms with Crippen LogP contribution in [0, 0.1) is 0 Å². The standard InChI is InChI=1S/C13H23NO6/c1-9(14(2,3)4)13(20,8-12(18)19)10(15)6-5-7-11(16)17/h9,20H,5-8H2,1-4H3,(H-,16,17,18,19)/p+1. The quantitative estimate of drug-likeness (QED) is 0.520. The van der Waals surface area contributed by atoms with Crippen LogP contribution in [-0.2, 0) is 14.4 Å². The van der Waals surface area contributed by atoms with Gasteiger partial charge in [-0.05, 0) is 13.3 Å². The lowest BCUT2D eigenvalue weighted by Gasteiger charge is -2.40. The zero-order valence-corrected chi connectivity index (χ0v) is 12.4. The smallest absolute Gasteiger partial charge is 0.307 e. The van der Waals surface area contributed by atoms with E-state index < -0.39 is 35.8 Å². The number of likely N-dealkylation sites (N-methyl/N-ethyl adjacent to an activating group) is 1. The fraction of sp³-hybridized carbons (Fsp3) is 0.769. The van der Waals surface area contributed by atoms with Crippen LogP contribution in [0.25, 0.3) is 0 Å². The van der Waals surface area contributed by atoms with Crippen molar-refractivity contribution >= 4 is 17.7 Å². The first kappa shape index (κ1) is 18.5. The lowest BCUT2D eigenvalue weighted by atomic mass is 9.83. The normalized spacial score (nSPS) is 16.2. The van der Waals surface area contributed by atoms with E-state index in [0.717, 1.165) is 0 Å². The number of rotatable bonds is 9. The molecule has 0 amide bonds. The summed E-state index contributed by atoms with van der Waals surface area (Å²) in [6.07, 6.45) is -0.941. The number of hydrogen-bond acceptors (Lipinski definition) is 4. The van der Waals surface area contributed by atoms with E-state index in [4.69, 9.17) is 10.2 Å². The maximum atomic E-state index is 12.2. The zero-order valence-electron chi connectivity index (χ0n) is 12.4. The Bertz CT molecular complexity index is 387. The predicted octanol–water partition coefficient (Wildman–Crippen LogP) is 0.111. The number of carbonyl (C=O) groups excluding carboxylic acids is 1. The van der Waals surface area contributed by atoms with Crippen molar-refractivity contribution in [3.8, 4) is 0 Å². The molecular weight excluding hydrogens is 266 g/mol. The third-order valence-corrected chi connectivity index (χ3v) is 3.55. The fourth-order valence-electron chi connectivity index (χ4n) is 1.97. The molecule has 2 atom stereocenters. The molecule has 0 radical (unpaired) electrons. The number of quaternary nitrogens is 1. The number of aliphatic hydroxyl groups is 1. The van der Waals surface area contributed by atoms with Gasteiger partial charge in [0, 0.05) is 12.8 Å². The summed E-state index contributed by atoms with van der Waals surface area (Å²) in [5.74, 6) is -2.92. The van der Waals surface area contributed by atoms with Gasteiger partial charge in [0.1, 0.15) is 6.04 Å². The SMILES string of the molecule is CC(C(O)(CC(=O)O)C(=O)CCCC(=O)O)[N+](C)(C)C. The zero-order chi connectivity index (χ0) is 16.1. The minimum Gasteiger partial charge on any atom is -0.481 e. The van der Waals surface area contributed by atoms with Gasteiger partial charge in [0.25, 0.3) is 0 Å². The summed E-state index contributed by atoms with van der Waals surface area (Å²) in [4.78, 5) is 33.5. The van der Waals surface area contributed by atoms with Crippen LogP contribution >= 0.6 is 0 Å². The number of carboxylic acids is 2. The Kier molecular flexibility index (Phi) is 6.31. The third kappa shape index (κ3) is 5.26. The molecule has 0 aromatic rings. The van der Waals surface area contributed by atoms with E-state index in [1.807, 2.05) is 0 Å². The van der Waals surface area contributed by atoms with Gasteiger partial charge in [0.15, 0.2) is 11.4 Å². The van der Waals surface area contributed by atoms with Gasteiger partial charge in [-0.1, -0.05) is 0 Å². The second-order valence-corrected chi connectivity index (χ2v) is 5.96. The number of Topliss-reactive ketones (excluding diaryl/α,β-unsaturated/α-hetero) is 1. The lowest BCUT2D eigenvalue weighted by Crippen LogP contribution is -2.61. The molecule has 0 aromatic carbocycles. The average molecular weight is 290 g/mol. The number of ketones is 1. The topological polar surface area (TPSA) is 112 Å². The highest BCUT2D eigenvalue weighted by molar-refractivity contribution is 5.91. The highest BCUT2D eigenvalue weighted by Gasteiger charge is 2.49. The van der Waals surface area contributed by atoms with Crippen LogP contribution in [-0.4, -0.2) is 70.3 Å². The maximum absolute atomic E-state index is 12.2. The summed E-state index contributed by atoms with van der Waals surface area (Å²) < 4.78 is 0.217. The largest absolute Gasteiger partial charge is 0.481 e. The van der Waals surface area contributed by atoms with Crippen molar-refractivity contribution in [1.29, 1.82) is 0 Å². The van der Waals surface area contributed by atoms with Crippen molar-refractivity contribution < 1.29 is 34.2 Å². The van der Waals surface area contributed by atoms with Crippen LogP contribution in [0.2, 0.25) is 0 Å². The summed E-state index contributed by atoms with van der Waals surface area (Å²) >= 11 is 0. The van der Waals surface area contributed by atoms with Crippen LogP contribution < -0.4 is 0 Å². The Balaban J connectivity index is 5.08. The maximum Gasteiger partial charge on any atom is 0.307 e. The molecule has 0 aliphatic heterocycles. The summed E-state index contributed by atoms with van der Waals surface area (Å²) in [5, 5.41) is 28.0. The van der Waals surface area contributed by atoms with E-state index in [-0.39, 0.29) is 23.7 Å². The van der Waals surface area contributed by atoms with Crippen molar-refractivity contribution in [2.24, 2.45) is 0 Å². The molecule has 3 N–H and O–H groups in total. The van der Waals surface area contributed by atoms with E-state index in [9.17, 15) is 19.5 Å². The summed E-state index contributed by atoms with van der Waals surface area (Å²) in [6, 6.07) is -0.629. The molecule has 0 heterocycles. The predicted molar refractivity (Wildman–Crippen MR) is 71.2 cm³/mol. The van der Waals surface area contributed by atoms with E-state index in [2.05, 4.69) is 0 Å². The second kappa shape index (κ2) is 6.81. The van der Waals surface area contributed by atoms with Crippen molar-refractivity contribution in [2.45, 2.75) is 44.2 Å². The molecule has 7 nitrogen and oxygen atoms in total. The Hall–Kier alpha value is -1.47. The first-order chi connectivity index (χ1) is 8.91. The van der Waals surface area contributed by atoms with Crippen LogP contribution in [0.1, 0.15) is 32.6 Å². The number of nitrogens with zero attached hydrogens (tertiary/aromatic N) is 1. The van der Waals surface area contributed by atoms with E-state index in [0.29, 0.717) is 0 Å². The van der Waals surface area contributed by atoms with Gasteiger partial charge in [0.2, 0.25) is 0 Å². The molecule has 0 bridgehead atoms. The van der Waals surface area contributed by atoms with Gasteiger partial charge in [0.05, 0.1) is 27.6 Å². The first-order valence-electron chi connectivity index (χ1n) is 6.41. The molecule has 0 rings (SSSR count). The highest BCUT2D eigenvalue weighted by atomic mass is 16.4. The van der Waals surface area contributed by atoms with Gasteiger partial charge in [-0.2, -0.15) is 0 Å². The van der Waals surface area contributed by atoms with Crippen LogP contribution in [0.4, 0.5) is 0 Å². The number of aliphatic carboxylic acids is 2. The van der Waals surface area contributed by atoms with E-state index in [1.54, 1.807) is 28.1 Å². The van der Waals surface area contributed by atoms with E-state index >= 15 is 0 Å².